The van der Waals surface area contributed by atoms with E-state index in [1.807, 2.05) is 0 Å². The van der Waals surface area contributed by atoms with Crippen LogP contribution in [0.4, 0.5) is 34.1 Å². The quantitative estimate of drug-likeness (QED) is 0.159. The number of fused-ring (bicyclic) bond motifs is 6. The molecule has 8 aromatic carbocycles. The molecular weight excluding hydrogens is 775 g/mol. The van der Waals surface area contributed by atoms with Gasteiger partial charge in [-0.2, -0.15) is 0 Å². The molecule has 2 aliphatic rings. The van der Waals surface area contributed by atoms with Crippen molar-refractivity contribution < 1.29 is 0 Å². The molecular formula is C61H51N3. The molecule has 0 radical (unpaired) electrons. The highest BCUT2D eigenvalue weighted by atomic mass is 15.1. The number of hydrogen-bond acceptors (Lipinski definition) is 2. The minimum absolute atomic E-state index is 0.0784. The van der Waals surface area contributed by atoms with Crippen LogP contribution in [-0.2, 0) is 10.8 Å². The lowest BCUT2D eigenvalue weighted by molar-refractivity contribution is 0.533. The highest BCUT2D eigenvalue weighted by molar-refractivity contribution is 6.14. The smallest absolute Gasteiger partial charge is 0.0583 e. The van der Waals surface area contributed by atoms with Crippen LogP contribution < -0.4 is 9.80 Å². The molecule has 0 unspecified atom stereocenters. The molecule has 0 spiro atoms. The van der Waals surface area contributed by atoms with E-state index in [9.17, 15) is 0 Å². The average molecular weight is 826 g/mol. The largest absolute Gasteiger partial charge is 0.310 e. The summed E-state index contributed by atoms with van der Waals surface area (Å²) in [6.07, 6.45) is 9.57. The fourth-order valence-electron chi connectivity index (χ4n) is 10.3. The molecule has 11 rings (SSSR count). The summed E-state index contributed by atoms with van der Waals surface area (Å²) in [7, 11) is 0. The highest BCUT2D eigenvalue weighted by Gasteiger charge is 2.36. The second-order valence-electron chi connectivity index (χ2n) is 18.5. The lowest BCUT2D eigenvalue weighted by atomic mass is 9.74. The molecule has 0 saturated carbocycles. The van der Waals surface area contributed by atoms with Crippen molar-refractivity contribution >= 4 is 61.5 Å². The Bertz CT molecular complexity index is 3260. The molecule has 0 amide bonds. The molecule has 9 aromatic rings. The molecule has 3 heteroatoms. The molecule has 1 aromatic heterocycles. The minimum Gasteiger partial charge on any atom is -0.310 e. The Kier molecular flexibility index (Phi) is 9.40. The molecule has 64 heavy (non-hydrogen) atoms. The van der Waals surface area contributed by atoms with Gasteiger partial charge in [-0.3, -0.25) is 0 Å². The summed E-state index contributed by atoms with van der Waals surface area (Å²) in [6, 6.07) is 69.0. The van der Waals surface area contributed by atoms with E-state index < -0.39 is 0 Å². The van der Waals surface area contributed by atoms with Crippen molar-refractivity contribution in [3.05, 3.63) is 241 Å². The van der Waals surface area contributed by atoms with Crippen LogP contribution in [0.5, 0.6) is 0 Å². The van der Waals surface area contributed by atoms with Gasteiger partial charge < -0.3 is 14.4 Å². The van der Waals surface area contributed by atoms with E-state index in [4.69, 9.17) is 0 Å². The Hall–Kier alpha value is -7.62. The Morgan fingerprint density at radius 2 is 1.03 bits per heavy atom. The normalized spacial score (nSPS) is 15.7. The second-order valence-corrected chi connectivity index (χ2v) is 18.5. The van der Waals surface area contributed by atoms with Crippen LogP contribution in [-0.4, -0.2) is 4.57 Å². The fraction of sp³-hybridized carbons (Fsp3) is 0.115. The number of hydrogen-bond donors (Lipinski definition) is 0. The molecule has 2 heterocycles. The second kappa shape index (κ2) is 15.3. The SMILES string of the molecule is C=C1/C=C\C=C/CC(C)(C)c2cc(N(c3ccccc3)c3ccc(-c4ccc5c(c4)c4cc(N(c6ccccc6)c6ccccc6)cc6c4n5-c4ccccc4C6(C)C)cc3)ccc21. The summed E-state index contributed by atoms with van der Waals surface area (Å²) in [5.41, 5.74) is 18.7. The number of para-hydroxylation sites is 4. The van der Waals surface area contributed by atoms with Gasteiger partial charge in [-0.1, -0.05) is 156 Å². The third-order valence-electron chi connectivity index (χ3n) is 13.6. The predicted molar refractivity (Wildman–Crippen MR) is 273 cm³/mol. The Morgan fingerprint density at radius 3 is 1.70 bits per heavy atom. The molecule has 3 nitrogen and oxygen atoms in total. The van der Waals surface area contributed by atoms with Crippen molar-refractivity contribution in [2.45, 2.75) is 44.9 Å². The van der Waals surface area contributed by atoms with Crippen LogP contribution in [0.15, 0.2) is 219 Å². The van der Waals surface area contributed by atoms with Crippen LogP contribution >= 0.6 is 0 Å². The van der Waals surface area contributed by atoms with E-state index in [2.05, 4.69) is 261 Å². The van der Waals surface area contributed by atoms with Crippen molar-refractivity contribution in [3.8, 4) is 16.8 Å². The first-order valence-corrected chi connectivity index (χ1v) is 22.4. The topological polar surface area (TPSA) is 11.4 Å². The van der Waals surface area contributed by atoms with Gasteiger partial charge in [-0.25, -0.2) is 0 Å². The summed E-state index contributed by atoms with van der Waals surface area (Å²) in [5.74, 6) is 0. The Labute approximate surface area is 377 Å². The molecule has 310 valence electrons. The first kappa shape index (κ1) is 39.2. The van der Waals surface area contributed by atoms with Gasteiger partial charge in [0.15, 0.2) is 0 Å². The maximum absolute atomic E-state index is 4.46. The standard InChI is InChI=1S/C61H51N3/c1-42-20-10-9-19-37-60(2,3)55-40-49(34-35-51(42)55)62(45-21-11-6-12-22-45)48-32-29-43(30-33-48)44-31-36-57-52(38-44)53-39-50(63(46-23-13-7-14-24-46)47-25-15-8-16-26-47)41-56-59(53)64(57)58-28-18-17-27-54(58)61(56,4)5/h6-36,38-41H,1,37H2,2-5H3/b19-9-,20-10-. The molecule has 0 bridgehead atoms. The zero-order chi connectivity index (χ0) is 43.6. The lowest BCUT2D eigenvalue weighted by Gasteiger charge is -2.36. The lowest BCUT2D eigenvalue weighted by Crippen LogP contribution is -2.26. The Balaban J connectivity index is 1.07. The van der Waals surface area contributed by atoms with E-state index in [1.54, 1.807) is 0 Å². The number of benzene rings is 8. The van der Waals surface area contributed by atoms with Crippen LogP contribution in [0, 0.1) is 0 Å². The fourth-order valence-corrected chi connectivity index (χ4v) is 10.3. The Morgan fingerprint density at radius 1 is 0.469 bits per heavy atom. The molecule has 1 aliphatic carbocycles. The maximum Gasteiger partial charge on any atom is 0.0583 e. The molecule has 0 N–H and O–H groups in total. The maximum atomic E-state index is 4.46. The monoisotopic (exact) mass is 825 g/mol. The summed E-state index contributed by atoms with van der Waals surface area (Å²) < 4.78 is 2.51. The van der Waals surface area contributed by atoms with E-state index in [1.165, 1.54) is 60.9 Å². The van der Waals surface area contributed by atoms with Gasteiger partial charge in [0.2, 0.25) is 0 Å². The van der Waals surface area contributed by atoms with Crippen molar-refractivity contribution in [2.24, 2.45) is 0 Å². The van der Waals surface area contributed by atoms with Crippen LogP contribution in [0.2, 0.25) is 0 Å². The zero-order valence-electron chi connectivity index (χ0n) is 37.0. The van der Waals surface area contributed by atoms with Crippen molar-refractivity contribution in [1.29, 1.82) is 0 Å². The number of aromatic nitrogens is 1. The number of nitrogens with zero attached hydrogens (tertiary/aromatic N) is 3. The third kappa shape index (κ3) is 6.50. The van der Waals surface area contributed by atoms with Gasteiger partial charge >= 0.3 is 0 Å². The first-order valence-electron chi connectivity index (χ1n) is 22.4. The van der Waals surface area contributed by atoms with E-state index in [-0.39, 0.29) is 10.8 Å². The first-order chi connectivity index (χ1) is 31.2. The van der Waals surface area contributed by atoms with Gasteiger partial charge in [0.25, 0.3) is 0 Å². The van der Waals surface area contributed by atoms with Crippen LogP contribution in [0.25, 0.3) is 44.2 Å². The average Bonchev–Trinajstić information content (AvgIpc) is 3.67. The predicted octanol–water partition coefficient (Wildman–Crippen LogP) is 16.8. The van der Waals surface area contributed by atoms with Crippen molar-refractivity contribution in [1.82, 2.24) is 4.57 Å². The molecule has 0 saturated heterocycles. The third-order valence-corrected chi connectivity index (χ3v) is 13.6. The van der Waals surface area contributed by atoms with Crippen molar-refractivity contribution in [3.63, 3.8) is 0 Å². The van der Waals surface area contributed by atoms with Crippen LogP contribution in [0.3, 0.4) is 0 Å². The van der Waals surface area contributed by atoms with E-state index in [0.29, 0.717) is 0 Å². The summed E-state index contributed by atoms with van der Waals surface area (Å²) in [5, 5.41) is 2.49. The number of allylic oxidation sites excluding steroid dienone is 5. The van der Waals surface area contributed by atoms with E-state index in [0.717, 1.165) is 46.1 Å². The van der Waals surface area contributed by atoms with Crippen LogP contribution in [0.1, 0.15) is 56.4 Å². The molecule has 0 fully saturated rings. The van der Waals surface area contributed by atoms with Crippen molar-refractivity contribution in [2.75, 3.05) is 9.80 Å². The highest BCUT2D eigenvalue weighted by Crippen LogP contribution is 2.51. The number of anilines is 6. The van der Waals surface area contributed by atoms with Gasteiger partial charge in [-0.15, -0.1) is 0 Å². The van der Waals surface area contributed by atoms with Gasteiger partial charge in [-0.05, 0) is 142 Å². The molecule has 1 aliphatic heterocycles. The summed E-state index contributed by atoms with van der Waals surface area (Å²) in [6.45, 7) is 13.9. The van der Waals surface area contributed by atoms with E-state index >= 15 is 0 Å². The van der Waals surface area contributed by atoms with Gasteiger partial charge in [0.05, 0.1) is 16.7 Å². The summed E-state index contributed by atoms with van der Waals surface area (Å²) in [4.78, 5) is 4.77. The van der Waals surface area contributed by atoms with Gasteiger partial charge in [0.1, 0.15) is 0 Å². The summed E-state index contributed by atoms with van der Waals surface area (Å²) >= 11 is 0. The minimum atomic E-state index is -0.231. The molecule has 0 atom stereocenters. The number of rotatable bonds is 7. The van der Waals surface area contributed by atoms with Gasteiger partial charge in [0, 0.05) is 50.3 Å². The zero-order valence-corrected chi connectivity index (χ0v) is 37.0.